The first-order valence-electron chi connectivity index (χ1n) is 9.54. The summed E-state index contributed by atoms with van der Waals surface area (Å²) in [5, 5.41) is 0. The van der Waals surface area contributed by atoms with Crippen LogP contribution in [-0.2, 0) is 14.3 Å². The molecule has 1 amide bonds. The van der Waals surface area contributed by atoms with Crippen LogP contribution in [0.3, 0.4) is 0 Å². The fourth-order valence-electron chi connectivity index (χ4n) is 3.57. The van der Waals surface area contributed by atoms with Gasteiger partial charge in [-0.15, -0.1) is 0 Å². The molecule has 4 rings (SSSR count). The van der Waals surface area contributed by atoms with Gasteiger partial charge in [0.25, 0.3) is 5.91 Å². The molecule has 0 unspecified atom stereocenters. The highest BCUT2D eigenvalue weighted by Crippen LogP contribution is 2.56. The normalized spacial score (nSPS) is 20.5. The molecule has 1 aliphatic heterocycles. The van der Waals surface area contributed by atoms with Gasteiger partial charge < -0.3 is 13.9 Å². The van der Waals surface area contributed by atoms with E-state index in [2.05, 4.69) is 0 Å². The standard InChI is InChI=1S/C23H21NO5S/c1-3-28-22(26)23(30-18-8-5-4-6-9-18)20(19-10-7-15-29-19)24(21(23)25)16-11-13-17(27-2)14-12-16/h4-15,20H,3H2,1-2H3/t20-,23-/m1/s1. The van der Waals surface area contributed by atoms with Crippen molar-refractivity contribution in [2.75, 3.05) is 18.6 Å². The molecular weight excluding hydrogens is 402 g/mol. The van der Waals surface area contributed by atoms with E-state index in [1.165, 1.54) is 18.0 Å². The van der Waals surface area contributed by atoms with Crippen LogP contribution in [0.2, 0.25) is 0 Å². The number of carbonyl (C=O) groups excluding carboxylic acids is 2. The lowest BCUT2D eigenvalue weighted by atomic mass is 9.83. The molecule has 1 aromatic heterocycles. The fourth-order valence-corrected chi connectivity index (χ4v) is 4.89. The van der Waals surface area contributed by atoms with Gasteiger partial charge in [0.15, 0.2) is 0 Å². The summed E-state index contributed by atoms with van der Waals surface area (Å²) in [5.41, 5.74) is 0.649. The van der Waals surface area contributed by atoms with Gasteiger partial charge in [-0.05, 0) is 55.5 Å². The number of hydrogen-bond acceptors (Lipinski definition) is 6. The van der Waals surface area contributed by atoms with Crippen LogP contribution in [0.5, 0.6) is 5.75 Å². The maximum absolute atomic E-state index is 13.6. The lowest BCUT2D eigenvalue weighted by Crippen LogP contribution is -2.71. The van der Waals surface area contributed by atoms with Crippen LogP contribution >= 0.6 is 11.8 Å². The number of rotatable bonds is 7. The number of nitrogens with zero attached hydrogens (tertiary/aromatic N) is 1. The van der Waals surface area contributed by atoms with Gasteiger partial charge in [-0.25, -0.2) is 4.79 Å². The number of amides is 1. The maximum Gasteiger partial charge on any atom is 0.335 e. The van der Waals surface area contributed by atoms with E-state index in [0.29, 0.717) is 17.2 Å². The highest BCUT2D eigenvalue weighted by molar-refractivity contribution is 8.02. The lowest BCUT2D eigenvalue weighted by Gasteiger charge is -2.52. The summed E-state index contributed by atoms with van der Waals surface area (Å²) in [5.74, 6) is 0.273. The van der Waals surface area contributed by atoms with Crippen molar-refractivity contribution in [2.45, 2.75) is 22.6 Å². The minimum atomic E-state index is -1.48. The number of methoxy groups -OCH3 is 1. The van der Waals surface area contributed by atoms with Crippen molar-refractivity contribution in [1.29, 1.82) is 0 Å². The minimum Gasteiger partial charge on any atom is -0.497 e. The number of carbonyl (C=O) groups is 2. The van der Waals surface area contributed by atoms with Crippen LogP contribution in [0.15, 0.2) is 82.3 Å². The first kappa shape index (κ1) is 20.1. The molecule has 0 bridgehead atoms. The van der Waals surface area contributed by atoms with Gasteiger partial charge in [0, 0.05) is 10.6 Å². The number of furan rings is 1. The zero-order chi connectivity index (χ0) is 21.1. The number of β-lactam (4-membered cyclic amide) rings is 1. The largest absolute Gasteiger partial charge is 0.497 e. The average molecular weight is 423 g/mol. The summed E-state index contributed by atoms with van der Waals surface area (Å²) in [6.07, 6.45) is 1.54. The van der Waals surface area contributed by atoms with E-state index in [1.807, 2.05) is 30.3 Å². The van der Waals surface area contributed by atoms with Crippen molar-refractivity contribution < 1.29 is 23.5 Å². The van der Waals surface area contributed by atoms with E-state index in [0.717, 1.165) is 4.90 Å². The molecule has 0 N–H and O–H groups in total. The van der Waals surface area contributed by atoms with E-state index in [4.69, 9.17) is 13.9 Å². The number of benzene rings is 2. The van der Waals surface area contributed by atoms with Crippen molar-refractivity contribution in [1.82, 2.24) is 0 Å². The van der Waals surface area contributed by atoms with E-state index >= 15 is 0 Å². The van der Waals surface area contributed by atoms with Crippen LogP contribution in [-0.4, -0.2) is 30.3 Å². The summed E-state index contributed by atoms with van der Waals surface area (Å²) in [6.45, 7) is 1.90. The molecular formula is C23H21NO5S. The zero-order valence-electron chi connectivity index (χ0n) is 16.6. The van der Waals surface area contributed by atoms with Gasteiger partial charge in [0.2, 0.25) is 4.75 Å². The molecule has 2 atom stereocenters. The monoisotopic (exact) mass is 423 g/mol. The molecule has 2 aromatic carbocycles. The Morgan fingerprint density at radius 3 is 2.43 bits per heavy atom. The van der Waals surface area contributed by atoms with E-state index in [-0.39, 0.29) is 12.5 Å². The smallest absolute Gasteiger partial charge is 0.335 e. The van der Waals surface area contributed by atoms with Gasteiger partial charge in [-0.3, -0.25) is 9.69 Å². The quantitative estimate of drug-likeness (QED) is 0.317. The van der Waals surface area contributed by atoms with Crippen LogP contribution in [0.1, 0.15) is 18.7 Å². The Balaban J connectivity index is 1.81. The Labute approximate surface area is 178 Å². The second kappa shape index (κ2) is 8.28. The Morgan fingerprint density at radius 1 is 1.10 bits per heavy atom. The molecule has 30 heavy (non-hydrogen) atoms. The van der Waals surface area contributed by atoms with Crippen LogP contribution < -0.4 is 9.64 Å². The van der Waals surface area contributed by atoms with Gasteiger partial charge >= 0.3 is 5.97 Å². The molecule has 1 saturated heterocycles. The molecule has 7 heteroatoms. The number of ether oxygens (including phenoxy) is 2. The zero-order valence-corrected chi connectivity index (χ0v) is 17.4. The predicted molar refractivity (Wildman–Crippen MR) is 114 cm³/mol. The highest BCUT2D eigenvalue weighted by atomic mass is 32.2. The SMILES string of the molecule is CCOC(=O)[C@]1(Sc2ccccc2)C(=O)N(c2ccc(OC)cc2)[C@@H]1c1ccco1. The molecule has 154 valence electrons. The van der Waals surface area contributed by atoms with Gasteiger partial charge in [-0.1, -0.05) is 30.0 Å². The van der Waals surface area contributed by atoms with Crippen molar-refractivity contribution in [3.05, 3.63) is 78.8 Å². The van der Waals surface area contributed by atoms with Crippen molar-refractivity contribution in [2.24, 2.45) is 0 Å². The van der Waals surface area contributed by atoms with Gasteiger partial charge in [0.1, 0.15) is 17.6 Å². The first-order chi connectivity index (χ1) is 14.6. The minimum absolute atomic E-state index is 0.177. The Bertz CT molecular complexity index is 1020. The van der Waals surface area contributed by atoms with Crippen molar-refractivity contribution in [3.8, 4) is 5.75 Å². The summed E-state index contributed by atoms with van der Waals surface area (Å²) in [4.78, 5) is 29.2. The second-order valence-corrected chi connectivity index (χ2v) is 7.98. The molecule has 0 saturated carbocycles. The third kappa shape index (κ3) is 3.25. The highest BCUT2D eigenvalue weighted by Gasteiger charge is 2.69. The summed E-state index contributed by atoms with van der Waals surface area (Å²) < 4.78 is 14.8. The topological polar surface area (TPSA) is 69.0 Å². The Morgan fingerprint density at radius 2 is 1.83 bits per heavy atom. The van der Waals surface area contributed by atoms with Crippen molar-refractivity contribution in [3.63, 3.8) is 0 Å². The maximum atomic E-state index is 13.6. The number of thioether (sulfide) groups is 1. The molecule has 1 aliphatic rings. The van der Waals surface area contributed by atoms with Crippen LogP contribution in [0.4, 0.5) is 5.69 Å². The molecule has 6 nitrogen and oxygen atoms in total. The van der Waals surface area contributed by atoms with Crippen LogP contribution in [0.25, 0.3) is 0 Å². The number of anilines is 1. The third-order valence-electron chi connectivity index (χ3n) is 4.94. The summed E-state index contributed by atoms with van der Waals surface area (Å²) in [6, 6.07) is 19.3. The van der Waals surface area contributed by atoms with Crippen molar-refractivity contribution >= 4 is 29.3 Å². The molecule has 0 spiro atoms. The van der Waals surface area contributed by atoms with Crippen LogP contribution in [0, 0.1) is 0 Å². The average Bonchev–Trinajstić information content (AvgIpc) is 3.30. The number of hydrogen-bond donors (Lipinski definition) is 0. The molecule has 0 radical (unpaired) electrons. The predicted octanol–water partition coefficient (Wildman–Crippen LogP) is 4.47. The summed E-state index contributed by atoms with van der Waals surface area (Å²) >= 11 is 1.20. The second-order valence-electron chi connectivity index (χ2n) is 6.66. The third-order valence-corrected chi connectivity index (χ3v) is 6.34. The van der Waals surface area contributed by atoms with E-state index < -0.39 is 16.8 Å². The summed E-state index contributed by atoms with van der Waals surface area (Å²) in [7, 11) is 1.58. The number of esters is 1. The molecule has 2 heterocycles. The Hall–Kier alpha value is -3.19. The fraction of sp³-hybridized carbons (Fsp3) is 0.217. The first-order valence-corrected chi connectivity index (χ1v) is 10.4. The lowest BCUT2D eigenvalue weighted by molar-refractivity contribution is -0.154. The Kier molecular flexibility index (Phi) is 5.55. The van der Waals surface area contributed by atoms with E-state index in [9.17, 15) is 9.59 Å². The molecule has 0 aliphatic carbocycles. The van der Waals surface area contributed by atoms with Gasteiger partial charge in [-0.2, -0.15) is 0 Å². The van der Waals surface area contributed by atoms with Gasteiger partial charge in [0.05, 0.1) is 20.0 Å². The van der Waals surface area contributed by atoms with E-state index in [1.54, 1.807) is 55.3 Å². The molecule has 3 aromatic rings. The molecule has 1 fully saturated rings.